The maximum atomic E-state index is 6.23. The largest absolute Gasteiger partial charge is 0.373 e. The monoisotopic (exact) mass is 254 g/mol. The molecule has 0 saturated heterocycles. The number of aromatic nitrogens is 1. The molecule has 0 radical (unpaired) electrons. The molecule has 0 aliphatic heterocycles. The minimum Gasteiger partial charge on any atom is -0.373 e. The van der Waals surface area contributed by atoms with Gasteiger partial charge in [-0.2, -0.15) is 0 Å². The van der Waals surface area contributed by atoms with Crippen LogP contribution in [0.25, 0.3) is 0 Å². The van der Waals surface area contributed by atoms with Crippen molar-refractivity contribution in [2.24, 2.45) is 5.73 Å². The second-order valence-corrected chi connectivity index (χ2v) is 5.99. The first-order valence-corrected chi connectivity index (χ1v) is 7.40. The first-order chi connectivity index (χ1) is 8.22. The summed E-state index contributed by atoms with van der Waals surface area (Å²) in [6.45, 7) is 3.46. The van der Waals surface area contributed by atoms with Crippen molar-refractivity contribution < 1.29 is 4.74 Å². The molecule has 1 aliphatic rings. The zero-order valence-electron chi connectivity index (χ0n) is 10.6. The Hall–Kier alpha value is -0.450. The lowest BCUT2D eigenvalue weighted by molar-refractivity contribution is 0.0734. The molecular weight excluding hydrogens is 232 g/mol. The number of thiazole rings is 1. The number of nitrogens with two attached hydrogens (primary N) is 1. The van der Waals surface area contributed by atoms with Gasteiger partial charge in [-0.1, -0.05) is 19.8 Å². The van der Waals surface area contributed by atoms with E-state index in [9.17, 15) is 0 Å². The van der Waals surface area contributed by atoms with Crippen LogP contribution in [0, 0.1) is 0 Å². The van der Waals surface area contributed by atoms with Gasteiger partial charge in [-0.05, 0) is 25.7 Å². The van der Waals surface area contributed by atoms with Gasteiger partial charge in [-0.3, -0.25) is 0 Å². The smallest absolute Gasteiger partial charge is 0.0929 e. The highest BCUT2D eigenvalue weighted by molar-refractivity contribution is 7.09. The van der Waals surface area contributed by atoms with Crippen LogP contribution in [0.5, 0.6) is 0 Å². The molecule has 3 nitrogen and oxygen atoms in total. The van der Waals surface area contributed by atoms with Gasteiger partial charge in [0.25, 0.3) is 0 Å². The van der Waals surface area contributed by atoms with Crippen molar-refractivity contribution in [2.75, 3.05) is 6.61 Å². The van der Waals surface area contributed by atoms with Gasteiger partial charge < -0.3 is 10.5 Å². The molecular formula is C13H22N2OS. The molecule has 17 heavy (non-hydrogen) atoms. The molecule has 0 amide bonds. The van der Waals surface area contributed by atoms with Crippen molar-refractivity contribution in [1.29, 1.82) is 0 Å². The van der Waals surface area contributed by atoms with Crippen LogP contribution in [0.2, 0.25) is 0 Å². The number of hydrogen-bond donors (Lipinski definition) is 1. The Bertz CT molecular complexity index is 345. The summed E-state index contributed by atoms with van der Waals surface area (Å²) < 4.78 is 5.72. The highest BCUT2D eigenvalue weighted by Gasteiger charge is 2.29. The Balaban J connectivity index is 1.73. The highest BCUT2D eigenvalue weighted by atomic mass is 32.1. The number of nitrogens with zero attached hydrogens (tertiary/aromatic N) is 1. The summed E-state index contributed by atoms with van der Waals surface area (Å²) in [6, 6.07) is 0. The van der Waals surface area contributed by atoms with E-state index in [1.165, 1.54) is 17.8 Å². The second-order valence-electron chi connectivity index (χ2n) is 5.04. The number of ether oxygens (including phenoxy) is 1. The van der Waals surface area contributed by atoms with Crippen molar-refractivity contribution in [3.05, 3.63) is 16.1 Å². The summed E-state index contributed by atoms with van der Waals surface area (Å²) in [7, 11) is 0. The minimum absolute atomic E-state index is 0.0672. The molecule has 0 atom stereocenters. The Morgan fingerprint density at radius 2 is 2.24 bits per heavy atom. The maximum Gasteiger partial charge on any atom is 0.0929 e. The molecule has 1 aromatic heterocycles. The van der Waals surface area contributed by atoms with E-state index in [0.717, 1.165) is 31.4 Å². The van der Waals surface area contributed by atoms with E-state index in [0.29, 0.717) is 13.2 Å². The summed E-state index contributed by atoms with van der Waals surface area (Å²) >= 11 is 1.73. The van der Waals surface area contributed by atoms with E-state index in [2.05, 4.69) is 17.3 Å². The lowest BCUT2D eigenvalue weighted by Gasteiger charge is -2.22. The van der Waals surface area contributed by atoms with Gasteiger partial charge in [-0.15, -0.1) is 11.3 Å². The van der Waals surface area contributed by atoms with Crippen LogP contribution >= 0.6 is 11.3 Å². The van der Waals surface area contributed by atoms with Crippen LogP contribution < -0.4 is 5.73 Å². The fourth-order valence-corrected chi connectivity index (χ4v) is 3.21. The third-order valence-corrected chi connectivity index (χ3v) is 4.26. The van der Waals surface area contributed by atoms with Crippen molar-refractivity contribution in [3.63, 3.8) is 0 Å². The number of aryl methyl sites for hydroxylation is 1. The first-order valence-electron chi connectivity index (χ1n) is 6.52. The number of hydrogen-bond acceptors (Lipinski definition) is 4. The van der Waals surface area contributed by atoms with Crippen LogP contribution in [0.15, 0.2) is 5.38 Å². The number of rotatable bonds is 6. The Morgan fingerprint density at radius 3 is 2.94 bits per heavy atom. The van der Waals surface area contributed by atoms with Crippen molar-refractivity contribution in [2.45, 2.75) is 57.6 Å². The van der Waals surface area contributed by atoms with Gasteiger partial charge in [0.2, 0.25) is 0 Å². The van der Waals surface area contributed by atoms with E-state index in [-0.39, 0.29) is 5.54 Å². The molecule has 1 aromatic rings. The standard InChI is InChI=1S/C13H22N2OS/c1-2-5-12-15-11(9-17-12)8-16-10-13(14)6-3-4-7-13/h9H,2-8,10,14H2,1H3. The summed E-state index contributed by atoms with van der Waals surface area (Å²) in [5, 5.41) is 3.32. The summed E-state index contributed by atoms with van der Waals surface area (Å²) in [5.74, 6) is 0. The zero-order chi connectivity index (χ0) is 12.1. The minimum atomic E-state index is -0.0672. The van der Waals surface area contributed by atoms with Crippen LogP contribution in [-0.4, -0.2) is 17.1 Å². The van der Waals surface area contributed by atoms with Gasteiger partial charge in [0, 0.05) is 10.9 Å². The molecule has 1 fully saturated rings. The van der Waals surface area contributed by atoms with Gasteiger partial charge in [-0.25, -0.2) is 4.98 Å². The molecule has 2 N–H and O–H groups in total. The van der Waals surface area contributed by atoms with E-state index in [1.807, 2.05) is 0 Å². The fraction of sp³-hybridized carbons (Fsp3) is 0.769. The third kappa shape index (κ3) is 3.76. The second kappa shape index (κ2) is 5.94. The first kappa shape index (κ1) is 13.0. The van der Waals surface area contributed by atoms with Gasteiger partial charge >= 0.3 is 0 Å². The van der Waals surface area contributed by atoms with E-state index < -0.39 is 0 Å². The van der Waals surface area contributed by atoms with Gasteiger partial charge in [0.15, 0.2) is 0 Å². The zero-order valence-corrected chi connectivity index (χ0v) is 11.4. The predicted octanol–water partition coefficient (Wildman–Crippen LogP) is 2.88. The van der Waals surface area contributed by atoms with Crippen molar-refractivity contribution >= 4 is 11.3 Å². The lowest BCUT2D eigenvalue weighted by atomic mass is 10.0. The molecule has 4 heteroatoms. The van der Waals surface area contributed by atoms with Crippen molar-refractivity contribution in [3.8, 4) is 0 Å². The molecule has 0 spiro atoms. The molecule has 1 saturated carbocycles. The van der Waals surface area contributed by atoms with Crippen LogP contribution in [0.1, 0.15) is 49.7 Å². The topological polar surface area (TPSA) is 48.1 Å². The average Bonchev–Trinajstić information content (AvgIpc) is 2.90. The molecule has 2 rings (SSSR count). The maximum absolute atomic E-state index is 6.23. The van der Waals surface area contributed by atoms with E-state index in [1.54, 1.807) is 11.3 Å². The lowest BCUT2D eigenvalue weighted by Crippen LogP contribution is -2.41. The molecule has 0 unspecified atom stereocenters. The Kier molecular flexibility index (Phi) is 4.54. The molecule has 0 aromatic carbocycles. The van der Waals surface area contributed by atoms with E-state index >= 15 is 0 Å². The Morgan fingerprint density at radius 1 is 1.47 bits per heavy atom. The Labute approximate surface area is 107 Å². The molecule has 0 bridgehead atoms. The van der Waals surface area contributed by atoms with Gasteiger partial charge in [0.05, 0.1) is 23.9 Å². The quantitative estimate of drug-likeness (QED) is 0.849. The predicted molar refractivity (Wildman–Crippen MR) is 71.2 cm³/mol. The van der Waals surface area contributed by atoms with Crippen LogP contribution in [-0.2, 0) is 17.8 Å². The van der Waals surface area contributed by atoms with Crippen LogP contribution in [0.4, 0.5) is 0 Å². The summed E-state index contributed by atoms with van der Waals surface area (Å²) in [6.07, 6.45) is 6.93. The summed E-state index contributed by atoms with van der Waals surface area (Å²) in [5.41, 5.74) is 7.22. The van der Waals surface area contributed by atoms with E-state index in [4.69, 9.17) is 10.5 Å². The van der Waals surface area contributed by atoms with Gasteiger partial charge in [0.1, 0.15) is 0 Å². The third-order valence-electron chi connectivity index (χ3n) is 3.30. The molecule has 1 heterocycles. The van der Waals surface area contributed by atoms with Crippen molar-refractivity contribution in [1.82, 2.24) is 4.98 Å². The SMILES string of the molecule is CCCc1nc(COCC2(N)CCCC2)cs1. The normalized spacial score (nSPS) is 18.7. The molecule has 96 valence electrons. The average molecular weight is 254 g/mol. The highest BCUT2D eigenvalue weighted by Crippen LogP contribution is 2.27. The summed E-state index contributed by atoms with van der Waals surface area (Å²) in [4.78, 5) is 4.54. The fourth-order valence-electron chi connectivity index (χ4n) is 2.33. The van der Waals surface area contributed by atoms with Crippen LogP contribution in [0.3, 0.4) is 0 Å². The molecule has 1 aliphatic carbocycles.